The lowest BCUT2D eigenvalue weighted by Gasteiger charge is -2.37. The Morgan fingerprint density at radius 1 is 1.39 bits per heavy atom. The van der Waals surface area contributed by atoms with E-state index in [1.54, 1.807) is 12.4 Å². The van der Waals surface area contributed by atoms with Gasteiger partial charge in [-0.25, -0.2) is 0 Å². The van der Waals surface area contributed by atoms with E-state index in [4.69, 9.17) is 11.5 Å². The van der Waals surface area contributed by atoms with Gasteiger partial charge in [-0.1, -0.05) is 0 Å². The highest BCUT2D eigenvalue weighted by atomic mass is 16.1. The first-order valence-electron chi connectivity index (χ1n) is 6.54. The highest BCUT2D eigenvalue weighted by Gasteiger charge is 2.35. The smallest absolute Gasteiger partial charge is 0.220 e. The van der Waals surface area contributed by atoms with Crippen molar-refractivity contribution < 1.29 is 4.79 Å². The Hall–Kier alpha value is -1.42. The third-order valence-electron chi connectivity index (χ3n) is 4.12. The summed E-state index contributed by atoms with van der Waals surface area (Å²) < 4.78 is 0. The summed E-state index contributed by atoms with van der Waals surface area (Å²) >= 11 is 0. The van der Waals surface area contributed by atoms with Gasteiger partial charge in [0.1, 0.15) is 0 Å². The normalized spacial score (nSPS) is 29.8. The molecule has 0 bridgehead atoms. The van der Waals surface area contributed by atoms with Gasteiger partial charge in [-0.15, -0.1) is 0 Å². The number of hydrogen-bond donors (Lipinski definition) is 2. The fourth-order valence-electron chi connectivity index (χ4n) is 3.08. The fourth-order valence-corrected chi connectivity index (χ4v) is 3.08. The molecule has 0 spiro atoms. The van der Waals surface area contributed by atoms with Gasteiger partial charge in [0.25, 0.3) is 0 Å². The van der Waals surface area contributed by atoms with Gasteiger partial charge < -0.3 is 11.5 Å². The van der Waals surface area contributed by atoms with Crippen molar-refractivity contribution in [3.63, 3.8) is 0 Å². The van der Waals surface area contributed by atoms with Gasteiger partial charge in [0.2, 0.25) is 5.91 Å². The Labute approximate surface area is 108 Å². The first-order chi connectivity index (χ1) is 8.59. The van der Waals surface area contributed by atoms with E-state index >= 15 is 0 Å². The second-order valence-electron chi connectivity index (χ2n) is 5.32. The summed E-state index contributed by atoms with van der Waals surface area (Å²) in [5.41, 5.74) is 12.8. The van der Waals surface area contributed by atoms with E-state index in [2.05, 4.69) is 4.98 Å². The molecule has 1 aliphatic carbocycles. The van der Waals surface area contributed by atoms with Crippen LogP contribution in [0.3, 0.4) is 0 Å². The molecule has 4 heteroatoms. The quantitative estimate of drug-likeness (QED) is 0.847. The lowest BCUT2D eigenvalue weighted by molar-refractivity contribution is -0.123. The second-order valence-corrected chi connectivity index (χ2v) is 5.32. The minimum Gasteiger partial charge on any atom is -0.369 e. The van der Waals surface area contributed by atoms with Gasteiger partial charge in [-0.05, 0) is 55.7 Å². The van der Waals surface area contributed by atoms with Crippen LogP contribution in [0.1, 0.15) is 37.7 Å². The van der Waals surface area contributed by atoms with Crippen LogP contribution in [0.4, 0.5) is 0 Å². The number of rotatable bonds is 3. The van der Waals surface area contributed by atoms with Gasteiger partial charge >= 0.3 is 0 Å². The van der Waals surface area contributed by atoms with Crippen LogP contribution in [0.15, 0.2) is 24.5 Å². The molecular weight excluding hydrogens is 226 g/mol. The molecule has 2 rings (SSSR count). The number of carbonyl (C=O) groups is 1. The highest BCUT2D eigenvalue weighted by Crippen LogP contribution is 2.41. The maximum atomic E-state index is 11.4. The predicted octanol–water partition coefficient (Wildman–Crippen LogP) is 1.41. The topological polar surface area (TPSA) is 82.0 Å². The largest absolute Gasteiger partial charge is 0.369 e. The van der Waals surface area contributed by atoms with Crippen LogP contribution in [-0.2, 0) is 4.79 Å². The molecule has 1 fully saturated rings. The van der Waals surface area contributed by atoms with Crippen molar-refractivity contribution >= 4 is 5.91 Å². The average Bonchev–Trinajstić information content (AvgIpc) is 2.39. The Bertz CT molecular complexity index is 405. The van der Waals surface area contributed by atoms with Crippen LogP contribution in [-0.4, -0.2) is 16.9 Å². The van der Waals surface area contributed by atoms with Crippen LogP contribution in [0.25, 0.3) is 0 Å². The van der Waals surface area contributed by atoms with Crippen LogP contribution in [0, 0.1) is 11.8 Å². The molecule has 4 nitrogen and oxygen atoms in total. The lowest BCUT2D eigenvalue weighted by Crippen LogP contribution is -2.38. The molecule has 1 aliphatic rings. The number of nitrogens with two attached hydrogens (primary N) is 2. The number of primary amides is 1. The van der Waals surface area contributed by atoms with E-state index in [1.807, 2.05) is 19.1 Å². The van der Waals surface area contributed by atoms with Gasteiger partial charge in [-0.2, -0.15) is 0 Å². The Balaban J connectivity index is 2.23. The molecule has 1 aromatic heterocycles. The Morgan fingerprint density at radius 3 is 2.61 bits per heavy atom. The second kappa shape index (κ2) is 5.48. The number of pyridine rings is 1. The number of aromatic nitrogens is 1. The molecule has 1 amide bonds. The van der Waals surface area contributed by atoms with Crippen LogP contribution in [0.5, 0.6) is 0 Å². The van der Waals surface area contributed by atoms with Crippen molar-refractivity contribution in [2.45, 2.75) is 38.1 Å². The molecule has 4 atom stereocenters. The van der Waals surface area contributed by atoms with Crippen molar-refractivity contribution in [2.75, 3.05) is 0 Å². The van der Waals surface area contributed by atoms with Crippen LogP contribution >= 0.6 is 0 Å². The minimum absolute atomic E-state index is 0.0156. The van der Waals surface area contributed by atoms with Gasteiger partial charge in [0.15, 0.2) is 0 Å². The number of hydrogen-bond acceptors (Lipinski definition) is 3. The number of carbonyl (C=O) groups excluding carboxylic acids is 1. The molecule has 1 aromatic rings. The molecule has 0 aliphatic heterocycles. The maximum absolute atomic E-state index is 11.4. The summed E-state index contributed by atoms with van der Waals surface area (Å²) in [6.07, 6.45) is 6.23. The Morgan fingerprint density at radius 2 is 2.06 bits per heavy atom. The van der Waals surface area contributed by atoms with E-state index in [-0.39, 0.29) is 17.9 Å². The van der Waals surface area contributed by atoms with Crippen molar-refractivity contribution in [2.24, 2.45) is 23.3 Å². The summed E-state index contributed by atoms with van der Waals surface area (Å²) in [5, 5.41) is 0. The molecule has 0 saturated heterocycles. The van der Waals surface area contributed by atoms with E-state index in [0.29, 0.717) is 11.8 Å². The van der Waals surface area contributed by atoms with Crippen molar-refractivity contribution in [1.29, 1.82) is 0 Å². The van der Waals surface area contributed by atoms with Crippen molar-refractivity contribution in [3.8, 4) is 0 Å². The fraction of sp³-hybridized carbons (Fsp3) is 0.571. The van der Waals surface area contributed by atoms with Crippen LogP contribution < -0.4 is 11.5 Å². The van der Waals surface area contributed by atoms with Gasteiger partial charge in [-0.3, -0.25) is 9.78 Å². The summed E-state index contributed by atoms with van der Waals surface area (Å²) in [6, 6.07) is 4.17. The molecule has 1 heterocycles. The molecule has 18 heavy (non-hydrogen) atoms. The van der Waals surface area contributed by atoms with Gasteiger partial charge in [0.05, 0.1) is 0 Å². The summed E-state index contributed by atoms with van der Waals surface area (Å²) in [4.78, 5) is 15.4. The third-order valence-corrected chi connectivity index (χ3v) is 4.12. The zero-order chi connectivity index (χ0) is 13.1. The SMILES string of the molecule is CC(N)C1CCC(C(N)=O)CC1c1ccncc1. The van der Waals surface area contributed by atoms with E-state index in [0.717, 1.165) is 19.3 Å². The van der Waals surface area contributed by atoms with E-state index in [9.17, 15) is 4.79 Å². The molecule has 0 aromatic carbocycles. The maximum Gasteiger partial charge on any atom is 0.220 e. The predicted molar refractivity (Wildman–Crippen MR) is 70.7 cm³/mol. The molecule has 1 saturated carbocycles. The van der Waals surface area contributed by atoms with Crippen molar-refractivity contribution in [1.82, 2.24) is 4.98 Å². The number of amides is 1. The summed E-state index contributed by atoms with van der Waals surface area (Å²) in [6.45, 7) is 2.05. The summed E-state index contributed by atoms with van der Waals surface area (Å²) in [7, 11) is 0. The van der Waals surface area contributed by atoms with Crippen LogP contribution in [0.2, 0.25) is 0 Å². The molecule has 4 N–H and O–H groups in total. The molecule has 4 unspecified atom stereocenters. The summed E-state index contributed by atoms with van der Waals surface area (Å²) in [5.74, 6) is 0.539. The van der Waals surface area contributed by atoms with E-state index < -0.39 is 0 Å². The first-order valence-corrected chi connectivity index (χ1v) is 6.54. The lowest BCUT2D eigenvalue weighted by atomic mass is 9.69. The molecular formula is C14H21N3O. The Kier molecular flexibility index (Phi) is 3.97. The van der Waals surface area contributed by atoms with E-state index in [1.165, 1.54) is 5.56 Å². The third kappa shape index (κ3) is 2.70. The highest BCUT2D eigenvalue weighted by molar-refractivity contribution is 5.76. The monoisotopic (exact) mass is 247 g/mol. The standard InChI is InChI=1S/C14H21N3O/c1-9(15)12-3-2-11(14(16)18)8-13(12)10-4-6-17-7-5-10/h4-7,9,11-13H,2-3,8,15H2,1H3,(H2,16,18). The molecule has 98 valence electrons. The first kappa shape index (κ1) is 13.0. The number of nitrogens with zero attached hydrogens (tertiary/aromatic N) is 1. The minimum atomic E-state index is -0.183. The average molecular weight is 247 g/mol. The zero-order valence-corrected chi connectivity index (χ0v) is 10.8. The molecule has 0 radical (unpaired) electrons. The van der Waals surface area contributed by atoms with Crippen molar-refractivity contribution in [3.05, 3.63) is 30.1 Å². The zero-order valence-electron chi connectivity index (χ0n) is 10.8. The van der Waals surface area contributed by atoms with Gasteiger partial charge in [0, 0.05) is 24.4 Å².